The van der Waals surface area contributed by atoms with Gasteiger partial charge in [0.1, 0.15) is 0 Å². The minimum absolute atomic E-state index is 0.0245. The van der Waals surface area contributed by atoms with Crippen molar-refractivity contribution in [1.82, 2.24) is 4.98 Å². The van der Waals surface area contributed by atoms with Gasteiger partial charge >= 0.3 is 0 Å². The molecule has 2 aromatic rings. The second kappa shape index (κ2) is 6.03. The lowest BCUT2D eigenvalue weighted by atomic mass is 9.92. The lowest BCUT2D eigenvalue weighted by Crippen LogP contribution is -2.19. The first-order chi connectivity index (χ1) is 8.74. The van der Waals surface area contributed by atoms with Crippen molar-refractivity contribution in [3.63, 3.8) is 0 Å². The van der Waals surface area contributed by atoms with Gasteiger partial charge in [0.2, 0.25) is 0 Å². The normalized spacial score (nSPS) is 14.2. The van der Waals surface area contributed by atoms with Gasteiger partial charge in [0.25, 0.3) is 0 Å². The van der Waals surface area contributed by atoms with E-state index in [1.54, 1.807) is 11.8 Å². The van der Waals surface area contributed by atoms with Crippen LogP contribution in [0, 0.1) is 0 Å². The molecule has 0 aliphatic rings. The summed E-state index contributed by atoms with van der Waals surface area (Å²) in [4.78, 5) is 5.64. The van der Waals surface area contributed by atoms with Gasteiger partial charge in [0.05, 0.1) is 0 Å². The molecule has 1 aromatic carbocycles. The van der Waals surface area contributed by atoms with Gasteiger partial charge in [-0.2, -0.15) is 0 Å². The Labute approximate surface area is 113 Å². The highest BCUT2D eigenvalue weighted by atomic mass is 32.2. The first kappa shape index (κ1) is 13.1. The molecule has 2 rings (SSSR count). The summed E-state index contributed by atoms with van der Waals surface area (Å²) < 4.78 is 0. The van der Waals surface area contributed by atoms with Crippen LogP contribution >= 0.6 is 11.8 Å². The third-order valence-electron chi connectivity index (χ3n) is 3.19. The molecule has 2 nitrogen and oxygen atoms in total. The largest absolute Gasteiger partial charge is 0.323 e. The molecule has 0 spiro atoms. The molecule has 0 aliphatic heterocycles. The van der Waals surface area contributed by atoms with Crippen LogP contribution in [0.1, 0.15) is 30.1 Å². The fourth-order valence-corrected chi connectivity index (χ4v) is 2.69. The highest BCUT2D eigenvalue weighted by molar-refractivity contribution is 7.98. The lowest BCUT2D eigenvalue weighted by molar-refractivity contribution is 0.576. The molecule has 94 valence electrons. The molecule has 2 N–H and O–H groups in total. The Balaban J connectivity index is 2.28. The van der Waals surface area contributed by atoms with Crippen LogP contribution in [-0.4, -0.2) is 11.2 Å². The molecular formula is C15H18N2S. The van der Waals surface area contributed by atoms with Crippen LogP contribution < -0.4 is 5.73 Å². The number of nitrogens with zero attached hydrogens (tertiary/aromatic N) is 1. The van der Waals surface area contributed by atoms with Gasteiger partial charge in [0.15, 0.2) is 0 Å². The second-order valence-electron chi connectivity index (χ2n) is 4.31. The number of hydrogen-bond acceptors (Lipinski definition) is 3. The highest BCUT2D eigenvalue weighted by Gasteiger charge is 2.19. The molecule has 2 atom stereocenters. The van der Waals surface area contributed by atoms with Crippen molar-refractivity contribution in [2.45, 2.75) is 23.8 Å². The summed E-state index contributed by atoms with van der Waals surface area (Å²) >= 11 is 1.74. The van der Waals surface area contributed by atoms with Crippen LogP contribution in [0.2, 0.25) is 0 Å². The molecule has 1 heterocycles. The summed E-state index contributed by atoms with van der Waals surface area (Å²) in [5.41, 5.74) is 8.63. The van der Waals surface area contributed by atoms with Crippen LogP contribution in [-0.2, 0) is 0 Å². The SMILES string of the molecule is CSc1ccccc1C(N)C(C)c1ccccn1. The summed E-state index contributed by atoms with van der Waals surface area (Å²) in [5.74, 6) is 0.208. The Morgan fingerprint density at radius 2 is 1.83 bits per heavy atom. The monoisotopic (exact) mass is 258 g/mol. The zero-order chi connectivity index (χ0) is 13.0. The molecule has 0 radical (unpaired) electrons. The van der Waals surface area contributed by atoms with E-state index in [0.717, 1.165) is 5.69 Å². The number of aromatic nitrogens is 1. The van der Waals surface area contributed by atoms with E-state index in [-0.39, 0.29) is 12.0 Å². The lowest BCUT2D eigenvalue weighted by Gasteiger charge is -2.21. The van der Waals surface area contributed by atoms with E-state index < -0.39 is 0 Å². The summed E-state index contributed by atoms with van der Waals surface area (Å²) in [7, 11) is 0. The smallest absolute Gasteiger partial charge is 0.0450 e. The van der Waals surface area contributed by atoms with Crippen molar-refractivity contribution in [3.8, 4) is 0 Å². The third-order valence-corrected chi connectivity index (χ3v) is 4.00. The Bertz CT molecular complexity index is 499. The molecule has 0 bridgehead atoms. The molecule has 2 unspecified atom stereocenters. The van der Waals surface area contributed by atoms with E-state index in [9.17, 15) is 0 Å². The topological polar surface area (TPSA) is 38.9 Å². The van der Waals surface area contributed by atoms with Crippen molar-refractivity contribution < 1.29 is 0 Å². The van der Waals surface area contributed by atoms with Crippen molar-refractivity contribution in [2.75, 3.05) is 6.26 Å². The number of thioether (sulfide) groups is 1. The van der Waals surface area contributed by atoms with E-state index in [4.69, 9.17) is 5.73 Å². The maximum atomic E-state index is 6.39. The standard InChI is InChI=1S/C15H18N2S/c1-11(13-8-5-6-10-17-13)15(16)12-7-3-4-9-14(12)18-2/h3-11,15H,16H2,1-2H3. The van der Waals surface area contributed by atoms with Crippen LogP contribution in [0.5, 0.6) is 0 Å². The van der Waals surface area contributed by atoms with Crippen LogP contribution in [0.3, 0.4) is 0 Å². The zero-order valence-electron chi connectivity index (χ0n) is 10.7. The minimum atomic E-state index is -0.0245. The predicted octanol–water partition coefficient (Wildman–Crippen LogP) is 3.61. The molecule has 0 aliphatic carbocycles. The maximum Gasteiger partial charge on any atom is 0.0450 e. The fraction of sp³-hybridized carbons (Fsp3) is 0.267. The Morgan fingerprint density at radius 3 is 2.50 bits per heavy atom. The van der Waals surface area contributed by atoms with Crippen LogP contribution in [0.4, 0.5) is 0 Å². The van der Waals surface area contributed by atoms with Gasteiger partial charge in [-0.05, 0) is 30.0 Å². The zero-order valence-corrected chi connectivity index (χ0v) is 11.5. The first-order valence-electron chi connectivity index (χ1n) is 6.03. The molecule has 0 amide bonds. The molecule has 0 saturated heterocycles. The van der Waals surface area contributed by atoms with E-state index in [2.05, 4.69) is 30.3 Å². The second-order valence-corrected chi connectivity index (χ2v) is 5.16. The Morgan fingerprint density at radius 1 is 1.11 bits per heavy atom. The van der Waals surface area contributed by atoms with Gasteiger partial charge in [-0.15, -0.1) is 11.8 Å². The van der Waals surface area contributed by atoms with Crippen molar-refractivity contribution in [1.29, 1.82) is 0 Å². The maximum absolute atomic E-state index is 6.39. The van der Waals surface area contributed by atoms with Gasteiger partial charge < -0.3 is 5.73 Å². The van der Waals surface area contributed by atoms with Crippen LogP contribution in [0.25, 0.3) is 0 Å². The summed E-state index contributed by atoms with van der Waals surface area (Å²) in [6, 6.07) is 14.3. The van der Waals surface area contributed by atoms with Gasteiger partial charge in [0, 0.05) is 28.7 Å². The van der Waals surface area contributed by atoms with E-state index >= 15 is 0 Å². The van der Waals surface area contributed by atoms with E-state index in [1.165, 1.54) is 10.5 Å². The average molecular weight is 258 g/mol. The van der Waals surface area contributed by atoms with Crippen molar-refractivity contribution in [3.05, 3.63) is 59.9 Å². The number of pyridine rings is 1. The number of benzene rings is 1. The molecule has 0 saturated carbocycles. The molecule has 3 heteroatoms. The quantitative estimate of drug-likeness (QED) is 0.851. The highest BCUT2D eigenvalue weighted by Crippen LogP contribution is 2.32. The Hall–Kier alpha value is -1.32. The molecule has 0 fully saturated rings. The average Bonchev–Trinajstić information content (AvgIpc) is 2.46. The Kier molecular flexibility index (Phi) is 4.39. The molecule has 1 aromatic heterocycles. The van der Waals surface area contributed by atoms with Crippen molar-refractivity contribution >= 4 is 11.8 Å². The number of hydrogen-bond donors (Lipinski definition) is 1. The predicted molar refractivity (Wildman–Crippen MR) is 77.8 cm³/mol. The van der Waals surface area contributed by atoms with Gasteiger partial charge in [-0.1, -0.05) is 31.2 Å². The van der Waals surface area contributed by atoms with Gasteiger partial charge in [-0.25, -0.2) is 0 Å². The molecule has 18 heavy (non-hydrogen) atoms. The van der Waals surface area contributed by atoms with Crippen LogP contribution in [0.15, 0.2) is 53.6 Å². The summed E-state index contributed by atoms with van der Waals surface area (Å²) in [6.07, 6.45) is 3.90. The van der Waals surface area contributed by atoms with E-state index in [1.807, 2.05) is 36.5 Å². The summed E-state index contributed by atoms with van der Waals surface area (Å²) in [6.45, 7) is 2.13. The minimum Gasteiger partial charge on any atom is -0.323 e. The van der Waals surface area contributed by atoms with Gasteiger partial charge in [-0.3, -0.25) is 4.98 Å². The third kappa shape index (κ3) is 2.74. The number of nitrogens with two attached hydrogens (primary N) is 1. The first-order valence-corrected chi connectivity index (χ1v) is 7.26. The fourth-order valence-electron chi connectivity index (χ4n) is 2.04. The summed E-state index contributed by atoms with van der Waals surface area (Å²) in [5, 5.41) is 0. The van der Waals surface area contributed by atoms with E-state index in [0.29, 0.717) is 0 Å². The molecular weight excluding hydrogens is 240 g/mol. The number of rotatable bonds is 4. The van der Waals surface area contributed by atoms with Crippen molar-refractivity contribution in [2.24, 2.45) is 5.73 Å².